The largest absolute Gasteiger partial charge is 0.416 e. The van der Waals surface area contributed by atoms with E-state index in [1.807, 2.05) is 0 Å². The number of aryl methyl sites for hydroxylation is 2. The zero-order valence-corrected chi connectivity index (χ0v) is 12.4. The van der Waals surface area contributed by atoms with Gasteiger partial charge in [0.2, 0.25) is 0 Å². The fourth-order valence-corrected chi connectivity index (χ4v) is 3.20. The third kappa shape index (κ3) is 2.77. The Labute approximate surface area is 129 Å². The number of aromatic nitrogens is 2. The molecule has 112 valence electrons. The lowest BCUT2D eigenvalue weighted by Gasteiger charge is -2.12. The maximum absolute atomic E-state index is 12.7. The highest BCUT2D eigenvalue weighted by Gasteiger charge is 2.32. The topological polar surface area (TPSA) is 17.8 Å². The summed E-state index contributed by atoms with van der Waals surface area (Å²) in [7, 11) is 0. The van der Waals surface area contributed by atoms with E-state index >= 15 is 0 Å². The van der Waals surface area contributed by atoms with E-state index in [4.69, 9.17) is 23.2 Å². The number of halogens is 5. The second-order valence-corrected chi connectivity index (χ2v) is 5.85. The molecule has 2 aromatic rings. The number of hydrogen-bond donors (Lipinski definition) is 0. The Bertz CT molecular complexity index is 646. The minimum absolute atomic E-state index is 0.0605. The van der Waals surface area contributed by atoms with Crippen LogP contribution in [0.25, 0.3) is 5.69 Å². The molecule has 1 aromatic carbocycles. The van der Waals surface area contributed by atoms with Gasteiger partial charge in [-0.25, -0.2) is 4.68 Å². The molecular formula is C14H11Cl2F3N2. The van der Waals surface area contributed by atoms with Gasteiger partial charge in [0.25, 0.3) is 0 Å². The molecule has 0 bridgehead atoms. The van der Waals surface area contributed by atoms with Crippen molar-refractivity contribution in [3.8, 4) is 5.69 Å². The maximum Gasteiger partial charge on any atom is 0.416 e. The fourth-order valence-electron chi connectivity index (χ4n) is 2.54. The van der Waals surface area contributed by atoms with E-state index in [-0.39, 0.29) is 10.0 Å². The van der Waals surface area contributed by atoms with Crippen molar-refractivity contribution in [3.63, 3.8) is 0 Å². The van der Waals surface area contributed by atoms with Crippen LogP contribution in [0, 0.1) is 0 Å². The van der Waals surface area contributed by atoms with E-state index in [0.29, 0.717) is 5.69 Å². The molecule has 0 amide bonds. The first-order valence-electron chi connectivity index (χ1n) is 6.50. The van der Waals surface area contributed by atoms with Crippen molar-refractivity contribution in [1.82, 2.24) is 9.78 Å². The molecule has 21 heavy (non-hydrogen) atoms. The van der Waals surface area contributed by atoms with Gasteiger partial charge in [0, 0.05) is 6.20 Å². The zero-order chi connectivity index (χ0) is 15.2. The first-order valence-corrected chi connectivity index (χ1v) is 7.26. The van der Waals surface area contributed by atoms with Crippen LogP contribution in [0.2, 0.25) is 10.0 Å². The average Bonchev–Trinajstić information content (AvgIpc) is 2.79. The van der Waals surface area contributed by atoms with Crippen LogP contribution in [0.1, 0.15) is 29.7 Å². The van der Waals surface area contributed by atoms with Crippen LogP contribution in [-0.2, 0) is 19.0 Å². The third-order valence-corrected chi connectivity index (χ3v) is 4.14. The smallest absolute Gasteiger partial charge is 0.237 e. The summed E-state index contributed by atoms with van der Waals surface area (Å²) in [5, 5.41) is 4.28. The molecule has 1 aromatic heterocycles. The van der Waals surface area contributed by atoms with Crippen molar-refractivity contribution < 1.29 is 13.2 Å². The molecule has 1 aliphatic rings. The van der Waals surface area contributed by atoms with Gasteiger partial charge in [-0.1, -0.05) is 23.2 Å². The molecule has 3 rings (SSSR count). The normalized spacial score (nSPS) is 15.1. The molecule has 0 radical (unpaired) electrons. The molecule has 1 heterocycles. The van der Waals surface area contributed by atoms with E-state index in [9.17, 15) is 13.2 Å². The Kier molecular flexibility index (Phi) is 3.66. The van der Waals surface area contributed by atoms with Gasteiger partial charge in [0.1, 0.15) is 5.69 Å². The lowest BCUT2D eigenvalue weighted by molar-refractivity contribution is -0.137. The third-order valence-electron chi connectivity index (χ3n) is 3.56. The van der Waals surface area contributed by atoms with Gasteiger partial charge >= 0.3 is 6.18 Å². The number of fused-ring (bicyclic) bond motifs is 1. The van der Waals surface area contributed by atoms with Crippen molar-refractivity contribution in [2.45, 2.75) is 31.9 Å². The molecule has 2 nitrogen and oxygen atoms in total. The van der Waals surface area contributed by atoms with Gasteiger partial charge in [0.05, 0.1) is 21.3 Å². The van der Waals surface area contributed by atoms with E-state index in [0.717, 1.165) is 49.1 Å². The summed E-state index contributed by atoms with van der Waals surface area (Å²) in [6, 6.07) is 1.76. The predicted octanol–water partition coefficient (Wildman–Crippen LogP) is 5.08. The molecule has 0 saturated carbocycles. The number of benzene rings is 1. The Morgan fingerprint density at radius 3 is 2.24 bits per heavy atom. The van der Waals surface area contributed by atoms with Gasteiger partial charge in [-0.3, -0.25) is 0 Å². The van der Waals surface area contributed by atoms with Crippen molar-refractivity contribution >= 4 is 23.2 Å². The molecule has 0 spiro atoms. The summed E-state index contributed by atoms with van der Waals surface area (Å²) in [5.41, 5.74) is 1.50. The number of alkyl halides is 3. The Hall–Kier alpha value is -1.20. The van der Waals surface area contributed by atoms with Crippen LogP contribution in [0.4, 0.5) is 13.2 Å². The zero-order valence-electron chi connectivity index (χ0n) is 10.8. The van der Waals surface area contributed by atoms with Crippen LogP contribution >= 0.6 is 23.2 Å². The van der Waals surface area contributed by atoms with Crippen molar-refractivity contribution in [2.75, 3.05) is 0 Å². The minimum atomic E-state index is -4.48. The molecule has 0 atom stereocenters. The van der Waals surface area contributed by atoms with Crippen LogP contribution < -0.4 is 0 Å². The highest BCUT2D eigenvalue weighted by Crippen LogP contribution is 2.37. The molecule has 0 unspecified atom stereocenters. The summed E-state index contributed by atoms with van der Waals surface area (Å²) < 4.78 is 39.7. The summed E-state index contributed by atoms with van der Waals surface area (Å²) in [6.07, 6.45) is 1.28. The van der Waals surface area contributed by atoms with Gasteiger partial charge in [-0.15, -0.1) is 0 Å². The van der Waals surface area contributed by atoms with Gasteiger partial charge in [-0.2, -0.15) is 18.3 Å². The fraction of sp³-hybridized carbons (Fsp3) is 0.357. The van der Waals surface area contributed by atoms with Gasteiger partial charge in [0.15, 0.2) is 0 Å². The van der Waals surface area contributed by atoms with E-state index in [1.54, 1.807) is 6.20 Å². The van der Waals surface area contributed by atoms with Crippen LogP contribution in [0.3, 0.4) is 0 Å². The summed E-state index contributed by atoms with van der Waals surface area (Å²) in [5.74, 6) is 0. The first kappa shape index (κ1) is 14.7. The van der Waals surface area contributed by atoms with E-state index in [1.165, 1.54) is 4.68 Å². The average molecular weight is 335 g/mol. The summed E-state index contributed by atoms with van der Waals surface area (Å²) in [6.45, 7) is 0. The Balaban J connectivity index is 2.08. The Morgan fingerprint density at radius 2 is 1.67 bits per heavy atom. The lowest BCUT2D eigenvalue weighted by Crippen LogP contribution is -2.07. The quantitative estimate of drug-likeness (QED) is 0.711. The highest BCUT2D eigenvalue weighted by atomic mass is 35.5. The molecule has 7 heteroatoms. The number of hydrogen-bond acceptors (Lipinski definition) is 1. The van der Waals surface area contributed by atoms with Crippen LogP contribution in [0.15, 0.2) is 18.3 Å². The molecular weight excluding hydrogens is 324 g/mol. The van der Waals surface area contributed by atoms with Crippen molar-refractivity contribution in [2.24, 2.45) is 0 Å². The lowest BCUT2D eigenvalue weighted by atomic mass is 9.99. The van der Waals surface area contributed by atoms with Crippen molar-refractivity contribution in [1.29, 1.82) is 0 Å². The first-order chi connectivity index (χ1) is 9.86. The summed E-state index contributed by atoms with van der Waals surface area (Å²) in [4.78, 5) is 0. The van der Waals surface area contributed by atoms with Gasteiger partial charge in [-0.05, 0) is 43.4 Å². The number of rotatable bonds is 1. The molecule has 0 aliphatic heterocycles. The van der Waals surface area contributed by atoms with E-state index < -0.39 is 11.7 Å². The number of nitrogens with zero attached hydrogens (tertiary/aromatic N) is 2. The molecule has 0 N–H and O–H groups in total. The Morgan fingerprint density at radius 1 is 1.05 bits per heavy atom. The molecule has 0 saturated heterocycles. The maximum atomic E-state index is 12.7. The monoisotopic (exact) mass is 334 g/mol. The second kappa shape index (κ2) is 5.21. The summed E-state index contributed by atoms with van der Waals surface area (Å²) >= 11 is 12.0. The van der Waals surface area contributed by atoms with Gasteiger partial charge < -0.3 is 0 Å². The predicted molar refractivity (Wildman–Crippen MR) is 75.2 cm³/mol. The molecule has 1 aliphatic carbocycles. The van der Waals surface area contributed by atoms with Crippen molar-refractivity contribution in [3.05, 3.63) is 45.2 Å². The highest BCUT2D eigenvalue weighted by molar-refractivity contribution is 6.37. The SMILES string of the molecule is FC(F)(F)c1cc(Cl)c(-n2cc3c(n2)CCCC3)c(Cl)c1. The van der Waals surface area contributed by atoms with Crippen LogP contribution in [0.5, 0.6) is 0 Å². The second-order valence-electron chi connectivity index (χ2n) is 5.04. The standard InChI is InChI=1S/C14H11Cl2F3N2/c15-10-5-9(14(17,18)19)6-11(16)13(10)21-7-8-3-1-2-4-12(8)20-21/h5-7H,1-4H2. The molecule has 0 fully saturated rings. The minimum Gasteiger partial charge on any atom is -0.237 e. The van der Waals surface area contributed by atoms with Crippen LogP contribution in [-0.4, -0.2) is 9.78 Å². The van der Waals surface area contributed by atoms with E-state index in [2.05, 4.69) is 5.10 Å².